The molecule has 0 aliphatic heterocycles. The van der Waals surface area contributed by atoms with Crippen LogP contribution in [0.5, 0.6) is 0 Å². The van der Waals surface area contributed by atoms with Crippen molar-refractivity contribution in [1.82, 2.24) is 9.55 Å². The molecule has 3 nitrogen and oxygen atoms in total. The van der Waals surface area contributed by atoms with Gasteiger partial charge in [0.05, 0.1) is 10.8 Å². The third kappa shape index (κ3) is 2.00. The number of imidazole rings is 1. The van der Waals surface area contributed by atoms with E-state index < -0.39 is 0 Å². The van der Waals surface area contributed by atoms with Crippen LogP contribution in [0.2, 0.25) is 0 Å². The van der Waals surface area contributed by atoms with Crippen LogP contribution in [0.1, 0.15) is 4.88 Å². The first-order valence-corrected chi connectivity index (χ1v) is 5.77. The number of aryl methyl sites for hydroxylation is 1. The molecular weight excluding hydrogens is 216 g/mol. The Morgan fingerprint density at radius 1 is 1.57 bits per heavy atom. The van der Waals surface area contributed by atoms with Crippen molar-refractivity contribution >= 4 is 23.1 Å². The third-order valence-electron chi connectivity index (χ3n) is 1.76. The minimum atomic E-state index is 0.117. The number of thiophene rings is 1. The Hall–Kier alpha value is -0.780. The number of hydrogen-bond donors (Lipinski definition) is 1. The minimum absolute atomic E-state index is 0.117. The van der Waals surface area contributed by atoms with E-state index in [-0.39, 0.29) is 6.61 Å². The van der Waals surface area contributed by atoms with Crippen molar-refractivity contribution in [2.45, 2.75) is 16.0 Å². The summed E-state index contributed by atoms with van der Waals surface area (Å²) in [5, 5.41) is 9.88. The van der Waals surface area contributed by atoms with Crippen LogP contribution in [0.25, 0.3) is 0 Å². The number of hydrogen-bond acceptors (Lipinski definition) is 4. The molecule has 2 aromatic rings. The smallest absolute Gasteiger partial charge is 0.173 e. The first-order chi connectivity index (χ1) is 6.79. The first-order valence-electron chi connectivity index (χ1n) is 4.14. The van der Waals surface area contributed by atoms with Gasteiger partial charge < -0.3 is 9.67 Å². The molecule has 0 unspecified atom stereocenters. The van der Waals surface area contributed by atoms with Gasteiger partial charge in [0.15, 0.2) is 5.16 Å². The second-order valence-electron chi connectivity index (χ2n) is 2.80. The molecule has 0 radical (unpaired) electrons. The summed E-state index contributed by atoms with van der Waals surface area (Å²) in [7, 11) is 1.97. The lowest BCUT2D eigenvalue weighted by molar-refractivity contribution is 0.285. The Morgan fingerprint density at radius 2 is 2.43 bits per heavy atom. The largest absolute Gasteiger partial charge is 0.391 e. The van der Waals surface area contributed by atoms with Crippen LogP contribution >= 0.6 is 23.1 Å². The van der Waals surface area contributed by atoms with Crippen LogP contribution < -0.4 is 0 Å². The van der Waals surface area contributed by atoms with Gasteiger partial charge in [-0.25, -0.2) is 4.98 Å². The summed E-state index contributed by atoms with van der Waals surface area (Å²) in [6, 6.07) is 3.95. The quantitative estimate of drug-likeness (QED) is 0.871. The predicted molar refractivity (Wildman–Crippen MR) is 57.6 cm³/mol. The maximum atomic E-state index is 8.91. The summed E-state index contributed by atoms with van der Waals surface area (Å²) in [5.74, 6) is 0. The van der Waals surface area contributed by atoms with E-state index >= 15 is 0 Å². The lowest BCUT2D eigenvalue weighted by Gasteiger charge is -1.97. The number of aromatic nitrogens is 2. The standard InChI is InChI=1S/C9H10N2OS2/c1-11-5-4-10-9(11)14-8-3-2-7(6-12)13-8/h2-5,12H,6H2,1H3. The summed E-state index contributed by atoms with van der Waals surface area (Å²) in [4.78, 5) is 5.20. The van der Waals surface area contributed by atoms with E-state index in [1.54, 1.807) is 29.3 Å². The molecule has 74 valence electrons. The molecule has 0 aliphatic rings. The van der Waals surface area contributed by atoms with Crippen molar-refractivity contribution in [1.29, 1.82) is 0 Å². The third-order valence-corrected chi connectivity index (χ3v) is 4.04. The molecule has 0 saturated heterocycles. The van der Waals surface area contributed by atoms with E-state index in [0.29, 0.717) is 0 Å². The van der Waals surface area contributed by atoms with Crippen molar-refractivity contribution in [3.05, 3.63) is 29.4 Å². The highest BCUT2D eigenvalue weighted by Crippen LogP contribution is 2.31. The van der Waals surface area contributed by atoms with Gasteiger partial charge in [0.2, 0.25) is 0 Å². The molecule has 0 aliphatic carbocycles. The summed E-state index contributed by atoms with van der Waals surface area (Å²) >= 11 is 3.22. The van der Waals surface area contributed by atoms with Gasteiger partial charge in [-0.1, -0.05) is 0 Å². The monoisotopic (exact) mass is 226 g/mol. The maximum Gasteiger partial charge on any atom is 0.173 e. The second kappa shape index (κ2) is 4.16. The van der Waals surface area contributed by atoms with Gasteiger partial charge in [0, 0.05) is 24.3 Å². The zero-order chi connectivity index (χ0) is 9.97. The van der Waals surface area contributed by atoms with Gasteiger partial charge in [-0.15, -0.1) is 11.3 Å². The molecule has 2 rings (SSSR count). The molecule has 0 aromatic carbocycles. The Labute approximate surface area is 90.4 Å². The van der Waals surface area contributed by atoms with Gasteiger partial charge >= 0.3 is 0 Å². The summed E-state index contributed by atoms with van der Waals surface area (Å²) in [6.45, 7) is 0.117. The molecular formula is C9H10N2OS2. The van der Waals surface area contributed by atoms with Crippen LogP contribution in [-0.2, 0) is 13.7 Å². The van der Waals surface area contributed by atoms with E-state index in [2.05, 4.69) is 4.98 Å². The Bertz CT molecular complexity index is 422. The molecule has 0 spiro atoms. The van der Waals surface area contributed by atoms with Gasteiger partial charge in [0.25, 0.3) is 0 Å². The molecule has 2 aromatic heterocycles. The number of nitrogens with zero attached hydrogens (tertiary/aromatic N) is 2. The molecule has 2 heterocycles. The molecule has 0 amide bonds. The van der Waals surface area contributed by atoms with Crippen molar-refractivity contribution in [2.24, 2.45) is 7.05 Å². The van der Waals surface area contributed by atoms with Gasteiger partial charge in [-0.05, 0) is 23.9 Å². The van der Waals surface area contributed by atoms with Crippen LogP contribution in [0, 0.1) is 0 Å². The van der Waals surface area contributed by atoms with Crippen molar-refractivity contribution in [2.75, 3.05) is 0 Å². The van der Waals surface area contributed by atoms with Crippen LogP contribution in [0.4, 0.5) is 0 Å². The zero-order valence-corrected chi connectivity index (χ0v) is 9.31. The van der Waals surface area contributed by atoms with Crippen LogP contribution in [0.3, 0.4) is 0 Å². The fourth-order valence-electron chi connectivity index (χ4n) is 1.04. The van der Waals surface area contributed by atoms with E-state index in [9.17, 15) is 0 Å². The predicted octanol–water partition coefficient (Wildman–Crippen LogP) is 2.13. The van der Waals surface area contributed by atoms with E-state index in [1.165, 1.54) is 0 Å². The zero-order valence-electron chi connectivity index (χ0n) is 7.67. The van der Waals surface area contributed by atoms with Crippen LogP contribution in [-0.4, -0.2) is 14.7 Å². The molecule has 0 bridgehead atoms. The highest BCUT2D eigenvalue weighted by Gasteiger charge is 2.04. The Kier molecular flexibility index (Phi) is 2.90. The number of aliphatic hydroxyl groups is 1. The lowest BCUT2D eigenvalue weighted by atomic mass is 10.5. The molecule has 5 heteroatoms. The van der Waals surface area contributed by atoms with Gasteiger partial charge in [-0.3, -0.25) is 0 Å². The Balaban J connectivity index is 2.15. The van der Waals surface area contributed by atoms with Crippen molar-refractivity contribution in [3.8, 4) is 0 Å². The highest BCUT2D eigenvalue weighted by atomic mass is 32.2. The molecule has 0 atom stereocenters. The van der Waals surface area contributed by atoms with Crippen molar-refractivity contribution in [3.63, 3.8) is 0 Å². The van der Waals surface area contributed by atoms with E-state index in [1.807, 2.05) is 29.9 Å². The Morgan fingerprint density at radius 3 is 3.00 bits per heavy atom. The average molecular weight is 226 g/mol. The van der Waals surface area contributed by atoms with Crippen LogP contribution in [0.15, 0.2) is 33.9 Å². The minimum Gasteiger partial charge on any atom is -0.391 e. The highest BCUT2D eigenvalue weighted by molar-refractivity contribution is 8.01. The molecule has 1 N–H and O–H groups in total. The van der Waals surface area contributed by atoms with E-state index in [0.717, 1.165) is 14.2 Å². The van der Waals surface area contributed by atoms with E-state index in [4.69, 9.17) is 5.11 Å². The normalized spacial score (nSPS) is 10.7. The summed E-state index contributed by atoms with van der Waals surface area (Å²) in [5.41, 5.74) is 0. The first kappa shape index (κ1) is 9.76. The molecule has 0 saturated carbocycles. The maximum absolute atomic E-state index is 8.91. The second-order valence-corrected chi connectivity index (χ2v) is 5.24. The average Bonchev–Trinajstić information content (AvgIpc) is 2.77. The van der Waals surface area contributed by atoms with Gasteiger partial charge in [0.1, 0.15) is 0 Å². The SMILES string of the molecule is Cn1ccnc1Sc1ccc(CO)s1. The fourth-order valence-corrected chi connectivity index (χ4v) is 2.98. The lowest BCUT2D eigenvalue weighted by Crippen LogP contribution is -1.86. The number of aliphatic hydroxyl groups excluding tert-OH is 1. The molecule has 14 heavy (non-hydrogen) atoms. The van der Waals surface area contributed by atoms with Crippen molar-refractivity contribution < 1.29 is 5.11 Å². The summed E-state index contributed by atoms with van der Waals surface area (Å²) in [6.07, 6.45) is 3.70. The molecule has 0 fully saturated rings. The number of rotatable bonds is 3. The topological polar surface area (TPSA) is 38.0 Å². The fraction of sp³-hybridized carbons (Fsp3) is 0.222. The summed E-state index contributed by atoms with van der Waals surface area (Å²) < 4.78 is 3.13. The van der Waals surface area contributed by atoms with Gasteiger partial charge in [-0.2, -0.15) is 0 Å².